The van der Waals surface area contributed by atoms with Crippen molar-refractivity contribution in [3.8, 4) is 0 Å². The van der Waals surface area contributed by atoms with Crippen molar-refractivity contribution in [3.05, 3.63) is 71.8 Å². The zero-order valence-corrected chi connectivity index (χ0v) is 16.2. The third-order valence-electron chi connectivity index (χ3n) is 4.64. The minimum absolute atomic E-state index is 0. The van der Waals surface area contributed by atoms with E-state index in [1.807, 2.05) is 30.3 Å². The zero-order valence-electron chi connectivity index (χ0n) is 14.6. The van der Waals surface area contributed by atoms with Gasteiger partial charge in [-0.2, -0.15) is 0 Å². The molecule has 0 saturated carbocycles. The first-order valence-electron chi connectivity index (χ1n) is 8.40. The molecule has 3 nitrogen and oxygen atoms in total. The van der Waals surface area contributed by atoms with Crippen molar-refractivity contribution in [1.82, 2.24) is 9.80 Å². The number of amidine groups is 1. The van der Waals surface area contributed by atoms with Gasteiger partial charge in [-0.15, -0.1) is 24.8 Å². The summed E-state index contributed by atoms with van der Waals surface area (Å²) < 4.78 is 0. The number of rotatable bonds is 4. The lowest BCUT2D eigenvalue weighted by atomic mass is 10.0. The second-order valence-electron chi connectivity index (χ2n) is 6.31. The first kappa shape index (κ1) is 21.5. The van der Waals surface area contributed by atoms with E-state index in [4.69, 9.17) is 5.41 Å². The van der Waals surface area contributed by atoms with E-state index in [1.54, 1.807) is 0 Å². The van der Waals surface area contributed by atoms with E-state index in [-0.39, 0.29) is 24.8 Å². The van der Waals surface area contributed by atoms with Crippen LogP contribution in [0.2, 0.25) is 0 Å². The van der Waals surface area contributed by atoms with E-state index in [1.165, 1.54) is 5.56 Å². The summed E-state index contributed by atoms with van der Waals surface area (Å²) in [6, 6.07) is 20.8. The van der Waals surface area contributed by atoms with Crippen LogP contribution in [-0.4, -0.2) is 48.4 Å². The van der Waals surface area contributed by atoms with E-state index in [9.17, 15) is 0 Å². The molecule has 0 amide bonds. The molecule has 1 fully saturated rings. The standard InChI is InChI=1S/C20H25N3.2ClH/c1-17(18-8-4-2-5-9-18)16-22-12-14-23(15-13-22)20(21)19-10-6-3-7-11-19;;/h2-11,17,21H,12-16H2,1H3;2*1H. The third-order valence-corrected chi connectivity index (χ3v) is 4.64. The lowest BCUT2D eigenvalue weighted by Crippen LogP contribution is -2.49. The number of hydrogen-bond donors (Lipinski definition) is 1. The molecule has 1 saturated heterocycles. The molecule has 25 heavy (non-hydrogen) atoms. The van der Waals surface area contributed by atoms with Crippen molar-refractivity contribution in [1.29, 1.82) is 5.41 Å². The third kappa shape index (κ3) is 5.74. The van der Waals surface area contributed by atoms with Crippen molar-refractivity contribution in [3.63, 3.8) is 0 Å². The van der Waals surface area contributed by atoms with Crippen LogP contribution in [0.1, 0.15) is 24.0 Å². The van der Waals surface area contributed by atoms with Gasteiger partial charge in [0, 0.05) is 38.3 Å². The topological polar surface area (TPSA) is 30.3 Å². The minimum atomic E-state index is 0. The summed E-state index contributed by atoms with van der Waals surface area (Å²) >= 11 is 0. The van der Waals surface area contributed by atoms with E-state index < -0.39 is 0 Å². The van der Waals surface area contributed by atoms with Crippen LogP contribution in [0.4, 0.5) is 0 Å². The van der Waals surface area contributed by atoms with Crippen LogP contribution >= 0.6 is 24.8 Å². The van der Waals surface area contributed by atoms with Crippen molar-refractivity contribution in [2.45, 2.75) is 12.8 Å². The highest BCUT2D eigenvalue weighted by Gasteiger charge is 2.21. The summed E-state index contributed by atoms with van der Waals surface area (Å²) in [6.07, 6.45) is 0. The largest absolute Gasteiger partial charge is 0.354 e. The Morgan fingerprint density at radius 3 is 1.96 bits per heavy atom. The van der Waals surface area contributed by atoms with Gasteiger partial charge in [-0.25, -0.2) is 0 Å². The number of benzene rings is 2. The highest BCUT2D eigenvalue weighted by atomic mass is 35.5. The Hall–Kier alpha value is -1.55. The number of hydrogen-bond acceptors (Lipinski definition) is 2. The van der Waals surface area contributed by atoms with Crippen LogP contribution in [0.15, 0.2) is 60.7 Å². The molecule has 0 aliphatic carbocycles. The highest BCUT2D eigenvalue weighted by Crippen LogP contribution is 2.17. The molecule has 1 aliphatic rings. The number of nitrogens with zero attached hydrogens (tertiary/aromatic N) is 2. The Bertz CT molecular complexity index is 626. The van der Waals surface area contributed by atoms with Crippen LogP contribution < -0.4 is 0 Å². The molecule has 1 heterocycles. The summed E-state index contributed by atoms with van der Waals surface area (Å²) in [5, 5.41) is 8.37. The van der Waals surface area contributed by atoms with Gasteiger partial charge in [0.05, 0.1) is 0 Å². The fourth-order valence-corrected chi connectivity index (χ4v) is 3.21. The van der Waals surface area contributed by atoms with Crippen LogP contribution in [-0.2, 0) is 0 Å². The molecule has 136 valence electrons. The molecule has 0 bridgehead atoms. The molecule has 5 heteroatoms. The van der Waals surface area contributed by atoms with Crippen LogP contribution in [0, 0.1) is 5.41 Å². The maximum atomic E-state index is 8.37. The van der Waals surface area contributed by atoms with Gasteiger partial charge in [0.2, 0.25) is 0 Å². The normalized spacial score (nSPS) is 15.6. The Labute approximate surface area is 163 Å². The van der Waals surface area contributed by atoms with Gasteiger partial charge < -0.3 is 4.90 Å². The van der Waals surface area contributed by atoms with Gasteiger partial charge in [-0.3, -0.25) is 10.3 Å². The number of piperazine rings is 1. The Balaban J connectivity index is 0.00000156. The van der Waals surface area contributed by atoms with Crippen molar-refractivity contribution in [2.24, 2.45) is 0 Å². The maximum absolute atomic E-state index is 8.37. The van der Waals surface area contributed by atoms with E-state index in [0.29, 0.717) is 11.8 Å². The molecule has 0 radical (unpaired) electrons. The van der Waals surface area contributed by atoms with Gasteiger partial charge in [-0.1, -0.05) is 67.6 Å². The second-order valence-corrected chi connectivity index (χ2v) is 6.31. The van der Waals surface area contributed by atoms with Crippen LogP contribution in [0.5, 0.6) is 0 Å². The van der Waals surface area contributed by atoms with E-state index >= 15 is 0 Å². The predicted molar refractivity (Wildman–Crippen MR) is 111 cm³/mol. The highest BCUT2D eigenvalue weighted by molar-refractivity contribution is 5.96. The summed E-state index contributed by atoms with van der Waals surface area (Å²) in [7, 11) is 0. The summed E-state index contributed by atoms with van der Waals surface area (Å²) in [6.45, 7) is 7.34. The molecule has 0 aromatic heterocycles. The Morgan fingerprint density at radius 2 is 1.40 bits per heavy atom. The molecule has 2 aromatic carbocycles. The fourth-order valence-electron chi connectivity index (χ4n) is 3.21. The molecular weight excluding hydrogens is 353 g/mol. The average Bonchev–Trinajstić information content (AvgIpc) is 2.63. The molecule has 2 aromatic rings. The van der Waals surface area contributed by atoms with Gasteiger partial charge in [0.25, 0.3) is 0 Å². The van der Waals surface area contributed by atoms with Crippen LogP contribution in [0.25, 0.3) is 0 Å². The van der Waals surface area contributed by atoms with E-state index in [2.05, 4.69) is 47.1 Å². The van der Waals surface area contributed by atoms with Crippen molar-refractivity contribution in [2.75, 3.05) is 32.7 Å². The predicted octanol–water partition coefficient (Wildman–Crippen LogP) is 4.28. The lowest BCUT2D eigenvalue weighted by Gasteiger charge is -2.37. The molecule has 0 spiro atoms. The monoisotopic (exact) mass is 379 g/mol. The second kappa shape index (κ2) is 10.4. The average molecular weight is 380 g/mol. The smallest absolute Gasteiger partial charge is 0.128 e. The number of halogens is 2. The molecule has 1 N–H and O–H groups in total. The summed E-state index contributed by atoms with van der Waals surface area (Å²) in [4.78, 5) is 4.71. The maximum Gasteiger partial charge on any atom is 0.128 e. The molecule has 1 atom stereocenters. The fraction of sp³-hybridized carbons (Fsp3) is 0.350. The van der Waals surface area contributed by atoms with Crippen LogP contribution in [0.3, 0.4) is 0 Å². The SMILES string of the molecule is CC(CN1CCN(C(=N)c2ccccc2)CC1)c1ccccc1.Cl.Cl. The van der Waals surface area contributed by atoms with Gasteiger partial charge in [0.1, 0.15) is 5.84 Å². The van der Waals surface area contributed by atoms with Crippen molar-refractivity contribution >= 4 is 30.6 Å². The quantitative estimate of drug-likeness (QED) is 0.634. The molecule has 1 unspecified atom stereocenters. The summed E-state index contributed by atoms with van der Waals surface area (Å²) in [5.41, 5.74) is 2.42. The van der Waals surface area contributed by atoms with E-state index in [0.717, 1.165) is 38.3 Å². The van der Waals surface area contributed by atoms with Gasteiger partial charge in [0.15, 0.2) is 0 Å². The van der Waals surface area contributed by atoms with Gasteiger partial charge in [-0.05, 0) is 11.5 Å². The minimum Gasteiger partial charge on any atom is -0.354 e. The Kier molecular flexibility index (Phi) is 8.98. The first-order chi connectivity index (χ1) is 11.2. The molecule has 3 rings (SSSR count). The van der Waals surface area contributed by atoms with Gasteiger partial charge >= 0.3 is 0 Å². The zero-order chi connectivity index (χ0) is 16.1. The molecular formula is C20H27Cl2N3. The van der Waals surface area contributed by atoms with Crippen molar-refractivity contribution < 1.29 is 0 Å². The molecule has 1 aliphatic heterocycles. The number of nitrogens with one attached hydrogen (secondary N) is 1. The summed E-state index contributed by atoms with van der Waals surface area (Å²) in [5.74, 6) is 1.21. The Morgan fingerprint density at radius 1 is 0.880 bits per heavy atom. The lowest BCUT2D eigenvalue weighted by molar-refractivity contribution is 0.175. The first-order valence-corrected chi connectivity index (χ1v) is 8.40.